The summed E-state index contributed by atoms with van der Waals surface area (Å²) in [5, 5.41) is 22.0. The molecule has 0 saturated heterocycles. The molecule has 4 nitrogen and oxygen atoms in total. The maximum atomic E-state index is 9.42. The van der Waals surface area contributed by atoms with Gasteiger partial charge in [0.05, 0.1) is 17.9 Å². The van der Waals surface area contributed by atoms with E-state index in [9.17, 15) is 10.4 Å². The molecule has 0 unspecified atom stereocenters. The Morgan fingerprint density at radius 1 is 1.43 bits per heavy atom. The average Bonchev–Trinajstić information content (AvgIpc) is 3.29. The molecular weight excluding hydrogens is 262 g/mol. The maximum absolute atomic E-state index is 9.42. The lowest BCUT2D eigenvalue weighted by molar-refractivity contribution is 0.301. The summed E-state index contributed by atoms with van der Waals surface area (Å²) in [6.07, 6.45) is 2.31. The van der Waals surface area contributed by atoms with Gasteiger partial charge in [-0.3, -0.25) is 0 Å². The van der Waals surface area contributed by atoms with Crippen LogP contribution in [0.4, 0.5) is 5.69 Å². The van der Waals surface area contributed by atoms with Crippen LogP contribution in [0.3, 0.4) is 0 Å². The molecule has 21 heavy (non-hydrogen) atoms. The standard InChI is InChI=1S/C17H25N3O/c1-13(2)11-19-12-14-3-6-17(15(9-14)10-18)20(7-8-21)16-4-5-16/h3,6,9,13,16,19,21H,4-5,7-8,11-12H2,1-2H3. The quantitative estimate of drug-likeness (QED) is 0.770. The highest BCUT2D eigenvalue weighted by Crippen LogP contribution is 2.33. The Labute approximate surface area is 127 Å². The molecule has 1 fully saturated rings. The molecule has 114 valence electrons. The summed E-state index contributed by atoms with van der Waals surface area (Å²) in [4.78, 5) is 2.17. The van der Waals surface area contributed by atoms with Gasteiger partial charge in [0.25, 0.3) is 0 Å². The normalized spacial score (nSPS) is 14.2. The predicted molar refractivity (Wildman–Crippen MR) is 85.2 cm³/mol. The van der Waals surface area contributed by atoms with Crippen LogP contribution in [-0.2, 0) is 6.54 Å². The number of hydrogen-bond donors (Lipinski definition) is 2. The summed E-state index contributed by atoms with van der Waals surface area (Å²) in [7, 11) is 0. The third-order valence-corrected chi connectivity index (χ3v) is 3.70. The Morgan fingerprint density at radius 3 is 2.76 bits per heavy atom. The first-order chi connectivity index (χ1) is 10.2. The van der Waals surface area contributed by atoms with E-state index in [0.717, 1.165) is 37.2 Å². The number of nitriles is 1. The van der Waals surface area contributed by atoms with Crippen molar-refractivity contribution in [2.24, 2.45) is 5.92 Å². The lowest BCUT2D eigenvalue weighted by Gasteiger charge is -2.25. The van der Waals surface area contributed by atoms with Crippen LogP contribution < -0.4 is 10.2 Å². The summed E-state index contributed by atoms with van der Waals surface area (Å²) < 4.78 is 0. The molecule has 0 radical (unpaired) electrons. The third-order valence-electron chi connectivity index (χ3n) is 3.70. The van der Waals surface area contributed by atoms with Crippen molar-refractivity contribution >= 4 is 5.69 Å². The average molecular weight is 287 g/mol. The van der Waals surface area contributed by atoms with Gasteiger partial charge in [-0.05, 0) is 43.0 Å². The monoisotopic (exact) mass is 287 g/mol. The van der Waals surface area contributed by atoms with E-state index < -0.39 is 0 Å². The van der Waals surface area contributed by atoms with Crippen molar-refractivity contribution in [3.05, 3.63) is 29.3 Å². The van der Waals surface area contributed by atoms with E-state index in [1.807, 2.05) is 12.1 Å². The van der Waals surface area contributed by atoms with E-state index in [0.29, 0.717) is 24.1 Å². The summed E-state index contributed by atoms with van der Waals surface area (Å²) in [6, 6.07) is 8.87. The van der Waals surface area contributed by atoms with Gasteiger partial charge in [0, 0.05) is 19.1 Å². The zero-order valence-electron chi connectivity index (χ0n) is 13.0. The molecule has 1 aliphatic carbocycles. The molecular formula is C17H25N3O. The van der Waals surface area contributed by atoms with Crippen molar-refractivity contribution < 1.29 is 5.11 Å². The van der Waals surface area contributed by atoms with Crippen molar-refractivity contribution in [2.75, 3.05) is 24.6 Å². The first-order valence-electron chi connectivity index (χ1n) is 7.77. The van der Waals surface area contributed by atoms with Crippen LogP contribution in [-0.4, -0.2) is 30.8 Å². The van der Waals surface area contributed by atoms with Crippen LogP contribution in [0, 0.1) is 17.2 Å². The Morgan fingerprint density at radius 2 is 2.19 bits per heavy atom. The minimum Gasteiger partial charge on any atom is -0.395 e. The number of rotatable bonds is 8. The molecule has 0 aliphatic heterocycles. The van der Waals surface area contributed by atoms with E-state index in [4.69, 9.17) is 0 Å². The summed E-state index contributed by atoms with van der Waals surface area (Å²) in [5.74, 6) is 0.620. The molecule has 0 bridgehead atoms. The fraction of sp³-hybridized carbons (Fsp3) is 0.588. The minimum atomic E-state index is 0.124. The van der Waals surface area contributed by atoms with Gasteiger partial charge in [-0.25, -0.2) is 0 Å². The molecule has 1 aliphatic rings. The second kappa shape index (κ2) is 7.44. The molecule has 0 amide bonds. The van der Waals surface area contributed by atoms with E-state index in [2.05, 4.69) is 36.2 Å². The second-order valence-corrected chi connectivity index (χ2v) is 6.14. The largest absolute Gasteiger partial charge is 0.395 e. The van der Waals surface area contributed by atoms with E-state index >= 15 is 0 Å². The van der Waals surface area contributed by atoms with Crippen LogP contribution in [0.5, 0.6) is 0 Å². The summed E-state index contributed by atoms with van der Waals surface area (Å²) in [6.45, 7) is 6.85. The first kappa shape index (κ1) is 15.8. The highest BCUT2D eigenvalue weighted by molar-refractivity contribution is 5.61. The van der Waals surface area contributed by atoms with Crippen molar-refractivity contribution in [3.63, 3.8) is 0 Å². The molecule has 1 aromatic carbocycles. The number of aliphatic hydroxyl groups is 1. The fourth-order valence-electron chi connectivity index (χ4n) is 2.53. The maximum Gasteiger partial charge on any atom is 0.101 e. The third kappa shape index (κ3) is 4.45. The van der Waals surface area contributed by atoms with E-state index in [1.165, 1.54) is 0 Å². The number of hydrogen-bond acceptors (Lipinski definition) is 4. The molecule has 2 rings (SSSR count). The van der Waals surface area contributed by atoms with Gasteiger partial charge in [0.15, 0.2) is 0 Å². The molecule has 1 saturated carbocycles. The SMILES string of the molecule is CC(C)CNCc1ccc(N(CCO)C2CC2)c(C#N)c1. The number of anilines is 1. The smallest absolute Gasteiger partial charge is 0.101 e. The molecule has 4 heteroatoms. The highest BCUT2D eigenvalue weighted by atomic mass is 16.3. The number of nitrogens with zero attached hydrogens (tertiary/aromatic N) is 2. The van der Waals surface area contributed by atoms with Crippen LogP contribution in [0.15, 0.2) is 18.2 Å². The van der Waals surface area contributed by atoms with Gasteiger partial charge in [0.1, 0.15) is 6.07 Å². The van der Waals surface area contributed by atoms with Crippen molar-refractivity contribution in [1.29, 1.82) is 5.26 Å². The topological polar surface area (TPSA) is 59.3 Å². The van der Waals surface area contributed by atoms with Crippen molar-refractivity contribution in [3.8, 4) is 6.07 Å². The Balaban J connectivity index is 2.10. The van der Waals surface area contributed by atoms with Crippen LogP contribution in [0.25, 0.3) is 0 Å². The molecule has 1 aromatic rings. The van der Waals surface area contributed by atoms with Gasteiger partial charge in [0.2, 0.25) is 0 Å². The van der Waals surface area contributed by atoms with Crippen molar-refractivity contribution in [1.82, 2.24) is 5.32 Å². The van der Waals surface area contributed by atoms with Gasteiger partial charge in [-0.15, -0.1) is 0 Å². The predicted octanol–water partition coefficient (Wildman–Crippen LogP) is 2.26. The van der Waals surface area contributed by atoms with Gasteiger partial charge in [-0.2, -0.15) is 5.26 Å². The molecule has 2 N–H and O–H groups in total. The van der Waals surface area contributed by atoms with Crippen LogP contribution in [0.1, 0.15) is 37.8 Å². The zero-order chi connectivity index (χ0) is 15.2. The number of nitrogens with one attached hydrogen (secondary N) is 1. The van der Waals surface area contributed by atoms with E-state index in [1.54, 1.807) is 0 Å². The highest BCUT2D eigenvalue weighted by Gasteiger charge is 2.30. The van der Waals surface area contributed by atoms with Gasteiger partial charge in [-0.1, -0.05) is 19.9 Å². The first-order valence-corrected chi connectivity index (χ1v) is 7.77. The number of aliphatic hydroxyl groups excluding tert-OH is 1. The Bertz CT molecular complexity index is 503. The molecule has 0 atom stereocenters. The molecule has 0 heterocycles. The van der Waals surface area contributed by atoms with Crippen LogP contribution >= 0.6 is 0 Å². The van der Waals surface area contributed by atoms with Crippen LogP contribution in [0.2, 0.25) is 0 Å². The zero-order valence-corrected chi connectivity index (χ0v) is 13.0. The lowest BCUT2D eigenvalue weighted by atomic mass is 10.1. The van der Waals surface area contributed by atoms with Crippen molar-refractivity contribution in [2.45, 2.75) is 39.3 Å². The number of benzene rings is 1. The molecule has 0 aromatic heterocycles. The van der Waals surface area contributed by atoms with E-state index in [-0.39, 0.29) is 6.61 Å². The fourth-order valence-corrected chi connectivity index (χ4v) is 2.53. The second-order valence-electron chi connectivity index (χ2n) is 6.14. The molecule has 0 spiro atoms. The summed E-state index contributed by atoms with van der Waals surface area (Å²) in [5.41, 5.74) is 2.80. The lowest BCUT2D eigenvalue weighted by Crippen LogP contribution is -2.29. The minimum absolute atomic E-state index is 0.124. The summed E-state index contributed by atoms with van der Waals surface area (Å²) >= 11 is 0. The van der Waals surface area contributed by atoms with Gasteiger partial charge >= 0.3 is 0 Å². The Hall–Kier alpha value is -1.57. The van der Waals surface area contributed by atoms with Gasteiger partial charge < -0.3 is 15.3 Å². The Kier molecular flexibility index (Phi) is 5.60.